The Bertz CT molecular complexity index is 1650. The summed E-state index contributed by atoms with van der Waals surface area (Å²) in [6, 6.07) is 1.94. The van der Waals surface area contributed by atoms with Gasteiger partial charge in [-0.2, -0.15) is 0 Å². The molecule has 1 N–H and O–H groups in total. The molecule has 1 saturated heterocycles. The average molecular weight is 663 g/mol. The van der Waals surface area contributed by atoms with Crippen molar-refractivity contribution in [2.24, 2.45) is 5.16 Å². The van der Waals surface area contributed by atoms with Crippen molar-refractivity contribution < 1.29 is 51.7 Å². The van der Waals surface area contributed by atoms with Gasteiger partial charge in [0.25, 0.3) is 11.8 Å². The van der Waals surface area contributed by atoms with Crippen LogP contribution in [0.25, 0.3) is 0 Å². The van der Waals surface area contributed by atoms with Crippen molar-refractivity contribution in [2.75, 3.05) is 27.6 Å². The first-order valence-electron chi connectivity index (χ1n) is 15.0. The van der Waals surface area contributed by atoms with Gasteiger partial charge in [0.1, 0.15) is 23.3 Å². The van der Waals surface area contributed by atoms with Gasteiger partial charge in [0, 0.05) is 44.1 Å². The molecule has 1 fully saturated rings. The highest BCUT2D eigenvalue weighted by atomic mass is 19.1. The topological polar surface area (TPSA) is 156 Å². The number of pyridine rings is 1. The molecule has 254 valence electrons. The van der Waals surface area contributed by atoms with E-state index >= 15 is 0 Å². The summed E-state index contributed by atoms with van der Waals surface area (Å²) < 4.78 is 55.5. The zero-order valence-electron chi connectivity index (χ0n) is 26.5. The number of hydrogen-bond acceptors (Lipinski definition) is 11. The van der Waals surface area contributed by atoms with Crippen molar-refractivity contribution in [3.63, 3.8) is 0 Å². The number of nitrogens with one attached hydrogen (secondary N) is 1. The minimum absolute atomic E-state index is 0.0238. The van der Waals surface area contributed by atoms with Crippen LogP contribution >= 0.6 is 0 Å². The smallest absolute Gasteiger partial charge is 0.482 e. The Morgan fingerprint density at radius 2 is 1.96 bits per heavy atom. The number of rotatable bonds is 9. The van der Waals surface area contributed by atoms with E-state index in [2.05, 4.69) is 10.5 Å². The lowest BCUT2D eigenvalue weighted by Gasteiger charge is -2.42. The standard InChI is InChI=1S/C31H36F2N4O10/c1-16-8-9-31(11-24(43-5)35-47-31)23-14-36(16)29(40)25-27(44-15-45-30(41)46-18(3)17(2)42-4)26(38)21(13-37(23)25)28(39)34-12-19-6-7-20(32)10-22(19)33/h6-7,10,13,16-18,23H,8-9,11-12,14-15H2,1-5H3,(H,34,39)/t16-,17?,18?,23+,31-/m0/s1. The van der Waals surface area contributed by atoms with Crippen LogP contribution in [0.15, 0.2) is 34.3 Å². The molecule has 2 unspecified atom stereocenters. The van der Waals surface area contributed by atoms with Crippen LogP contribution in [0.3, 0.4) is 0 Å². The van der Waals surface area contributed by atoms with Crippen LogP contribution in [0.5, 0.6) is 5.75 Å². The molecule has 5 atom stereocenters. The summed E-state index contributed by atoms with van der Waals surface area (Å²) in [6.07, 6.45) is 0.240. The molecule has 14 nitrogen and oxygen atoms in total. The van der Waals surface area contributed by atoms with Crippen LogP contribution in [-0.4, -0.2) is 84.7 Å². The van der Waals surface area contributed by atoms with Crippen LogP contribution in [0.2, 0.25) is 0 Å². The summed E-state index contributed by atoms with van der Waals surface area (Å²) in [7, 11) is 2.91. The second-order valence-corrected chi connectivity index (χ2v) is 11.7. The second-order valence-electron chi connectivity index (χ2n) is 11.7. The number of benzene rings is 1. The summed E-state index contributed by atoms with van der Waals surface area (Å²) in [6.45, 7) is 4.09. The van der Waals surface area contributed by atoms with Crippen molar-refractivity contribution >= 4 is 23.9 Å². The van der Waals surface area contributed by atoms with Gasteiger partial charge in [-0.3, -0.25) is 14.4 Å². The van der Waals surface area contributed by atoms with Gasteiger partial charge >= 0.3 is 6.16 Å². The van der Waals surface area contributed by atoms with E-state index in [-0.39, 0.29) is 36.8 Å². The van der Waals surface area contributed by atoms with Crippen LogP contribution < -0.4 is 15.5 Å². The number of methoxy groups -OCH3 is 2. The van der Waals surface area contributed by atoms with Crippen molar-refractivity contribution in [1.29, 1.82) is 0 Å². The number of ether oxygens (including phenoxy) is 5. The van der Waals surface area contributed by atoms with E-state index in [4.69, 9.17) is 28.5 Å². The van der Waals surface area contributed by atoms with Gasteiger partial charge in [-0.25, -0.2) is 13.6 Å². The molecule has 0 aliphatic carbocycles. The van der Waals surface area contributed by atoms with E-state index in [1.54, 1.807) is 18.7 Å². The Hall–Kier alpha value is -4.73. The number of hydrogen-bond donors (Lipinski definition) is 1. The number of aromatic nitrogens is 1. The zero-order chi connectivity index (χ0) is 34.0. The lowest BCUT2D eigenvalue weighted by Crippen LogP contribution is -2.52. The van der Waals surface area contributed by atoms with Gasteiger partial charge in [0.15, 0.2) is 11.3 Å². The fourth-order valence-corrected chi connectivity index (χ4v) is 5.86. The van der Waals surface area contributed by atoms with Gasteiger partial charge < -0.3 is 43.3 Å². The maximum absolute atomic E-state index is 14.3. The Balaban J connectivity index is 1.53. The molecule has 4 heterocycles. The molecule has 3 aliphatic heterocycles. The van der Waals surface area contributed by atoms with E-state index < -0.39 is 77.0 Å². The molecular weight excluding hydrogens is 626 g/mol. The zero-order valence-corrected chi connectivity index (χ0v) is 26.5. The number of fused-ring (bicyclic) bond motifs is 5. The van der Waals surface area contributed by atoms with Crippen LogP contribution in [0.4, 0.5) is 13.6 Å². The molecule has 47 heavy (non-hydrogen) atoms. The van der Waals surface area contributed by atoms with Crippen molar-refractivity contribution in [1.82, 2.24) is 14.8 Å². The summed E-state index contributed by atoms with van der Waals surface area (Å²) in [5.74, 6) is -3.36. The Labute approximate surface area is 268 Å². The molecule has 3 aliphatic rings. The van der Waals surface area contributed by atoms with Crippen LogP contribution in [-0.2, 0) is 30.3 Å². The lowest BCUT2D eigenvalue weighted by atomic mass is 9.85. The van der Waals surface area contributed by atoms with E-state index in [1.807, 2.05) is 6.92 Å². The maximum Gasteiger partial charge on any atom is 0.511 e. The third-order valence-electron chi connectivity index (χ3n) is 8.90. The Morgan fingerprint density at radius 3 is 2.64 bits per heavy atom. The fourth-order valence-electron chi connectivity index (χ4n) is 5.86. The molecule has 0 saturated carbocycles. The SMILES string of the molecule is COC1=NO[C@@]2(CC[C@H](C)N3C[C@H]2n2cc(C(=O)NCc4ccc(F)cc4F)c(=O)c(OCOC(=O)OC(C)C(C)OC)c2C3=O)C1. The van der Waals surface area contributed by atoms with Crippen LogP contribution in [0.1, 0.15) is 72.5 Å². The maximum atomic E-state index is 14.3. The van der Waals surface area contributed by atoms with Crippen molar-refractivity contribution in [3.8, 4) is 5.75 Å². The van der Waals surface area contributed by atoms with Crippen molar-refractivity contribution in [2.45, 2.75) is 76.5 Å². The average Bonchev–Trinajstić information content (AvgIpc) is 3.42. The first-order chi connectivity index (χ1) is 22.4. The van der Waals surface area contributed by atoms with E-state index in [1.165, 1.54) is 31.0 Å². The molecule has 2 bridgehead atoms. The second kappa shape index (κ2) is 13.6. The van der Waals surface area contributed by atoms with Gasteiger partial charge in [-0.1, -0.05) is 11.2 Å². The normalized spacial score (nSPS) is 22.7. The highest BCUT2D eigenvalue weighted by molar-refractivity contribution is 5.99. The highest BCUT2D eigenvalue weighted by Gasteiger charge is 2.55. The molecule has 1 aromatic heterocycles. The number of carbonyl (C=O) groups is 3. The predicted molar refractivity (Wildman–Crippen MR) is 159 cm³/mol. The first-order valence-corrected chi connectivity index (χ1v) is 15.0. The first kappa shape index (κ1) is 33.6. The van der Waals surface area contributed by atoms with E-state index in [0.29, 0.717) is 24.8 Å². The van der Waals surface area contributed by atoms with Crippen molar-refractivity contribution in [3.05, 3.63) is 63.1 Å². The Morgan fingerprint density at radius 1 is 1.19 bits per heavy atom. The molecule has 1 spiro atoms. The number of carbonyl (C=O) groups excluding carboxylic acids is 3. The monoisotopic (exact) mass is 662 g/mol. The minimum atomic E-state index is -1.12. The third-order valence-corrected chi connectivity index (χ3v) is 8.90. The van der Waals surface area contributed by atoms with Gasteiger partial charge in [-0.15, -0.1) is 0 Å². The molecule has 2 amide bonds. The molecule has 2 aromatic rings. The molecule has 5 rings (SSSR count). The van der Waals surface area contributed by atoms with Crippen LogP contribution in [0, 0.1) is 11.6 Å². The van der Waals surface area contributed by atoms with Gasteiger partial charge in [-0.05, 0) is 39.7 Å². The largest absolute Gasteiger partial charge is 0.511 e. The Kier molecular flexibility index (Phi) is 9.70. The third kappa shape index (κ3) is 6.59. The lowest BCUT2D eigenvalue weighted by molar-refractivity contribution is -0.0660. The number of oxime groups is 1. The van der Waals surface area contributed by atoms with Gasteiger partial charge in [0.2, 0.25) is 23.9 Å². The molecule has 1 aromatic carbocycles. The number of halogens is 2. The fraction of sp³-hybridized carbons (Fsp3) is 0.516. The van der Waals surface area contributed by atoms with E-state index in [9.17, 15) is 28.0 Å². The summed E-state index contributed by atoms with van der Waals surface area (Å²) in [5, 5.41) is 6.56. The van der Waals surface area contributed by atoms with E-state index in [0.717, 1.165) is 6.07 Å². The molecule has 0 radical (unpaired) electrons. The predicted octanol–water partition coefficient (Wildman–Crippen LogP) is 3.27. The summed E-state index contributed by atoms with van der Waals surface area (Å²) in [4.78, 5) is 61.2. The molecular formula is C31H36F2N4O10. The minimum Gasteiger partial charge on any atom is -0.482 e. The number of amides is 2. The van der Waals surface area contributed by atoms with Gasteiger partial charge in [0.05, 0.1) is 25.7 Å². The highest BCUT2D eigenvalue weighted by Crippen LogP contribution is 2.46. The quantitative estimate of drug-likeness (QED) is 0.312. The summed E-state index contributed by atoms with van der Waals surface area (Å²) in [5.41, 5.74) is -2.65. The molecule has 16 heteroatoms. The summed E-state index contributed by atoms with van der Waals surface area (Å²) >= 11 is 0. The number of nitrogens with zero attached hydrogens (tertiary/aromatic N) is 3.